The minimum Gasteiger partial charge on any atom is -0.494 e. The van der Waals surface area contributed by atoms with Gasteiger partial charge in [-0.25, -0.2) is 0 Å². The first-order valence-electron chi connectivity index (χ1n) is 5.31. The first-order valence-corrected chi connectivity index (χ1v) is 7.90. The van der Waals surface area contributed by atoms with E-state index in [1.54, 1.807) is 11.3 Å². The Bertz CT molecular complexity index is 478. The average Bonchev–Trinajstić information content (AvgIpc) is 2.76. The highest BCUT2D eigenvalue weighted by molar-refractivity contribution is 9.11. The van der Waals surface area contributed by atoms with E-state index in [2.05, 4.69) is 55.4 Å². The first-order chi connectivity index (χ1) is 8.20. The highest BCUT2D eigenvalue weighted by Crippen LogP contribution is 2.35. The van der Waals surface area contributed by atoms with Crippen LogP contribution >= 0.6 is 43.2 Å². The third-order valence-corrected chi connectivity index (χ3v) is 4.94. The summed E-state index contributed by atoms with van der Waals surface area (Å²) in [7, 11) is 0. The number of benzene rings is 1. The van der Waals surface area contributed by atoms with Crippen molar-refractivity contribution in [3.63, 3.8) is 0 Å². The Morgan fingerprint density at radius 2 is 1.94 bits per heavy atom. The predicted octanol–water partition coefficient (Wildman–Crippen LogP) is 5.39. The van der Waals surface area contributed by atoms with Crippen molar-refractivity contribution in [3.8, 4) is 5.75 Å². The lowest BCUT2D eigenvalue weighted by atomic mass is 10.1. The first kappa shape index (κ1) is 13.1. The van der Waals surface area contributed by atoms with Crippen LogP contribution in [0.3, 0.4) is 0 Å². The zero-order valence-corrected chi connectivity index (χ0v) is 13.3. The largest absolute Gasteiger partial charge is 0.494 e. The summed E-state index contributed by atoms with van der Waals surface area (Å²) in [4.78, 5) is 0.237. The molecule has 4 heteroatoms. The second-order valence-electron chi connectivity index (χ2n) is 3.55. The van der Waals surface area contributed by atoms with Crippen LogP contribution in [-0.4, -0.2) is 6.61 Å². The Labute approximate surface area is 122 Å². The molecule has 0 radical (unpaired) electrons. The Morgan fingerprint density at radius 3 is 2.47 bits per heavy atom. The molecule has 17 heavy (non-hydrogen) atoms. The second-order valence-corrected chi connectivity index (χ2v) is 6.75. The van der Waals surface area contributed by atoms with E-state index in [-0.39, 0.29) is 4.83 Å². The normalized spacial score (nSPS) is 12.4. The van der Waals surface area contributed by atoms with Crippen LogP contribution in [0.15, 0.2) is 39.5 Å². The molecule has 1 atom stereocenters. The van der Waals surface area contributed by atoms with Crippen LogP contribution < -0.4 is 4.74 Å². The third-order valence-electron chi connectivity index (χ3n) is 2.36. The minimum atomic E-state index is 0.237. The molecular formula is C13H12Br2OS. The van der Waals surface area contributed by atoms with E-state index in [9.17, 15) is 0 Å². The van der Waals surface area contributed by atoms with Gasteiger partial charge in [0.1, 0.15) is 5.75 Å². The Balaban J connectivity index is 2.16. The maximum atomic E-state index is 5.43. The van der Waals surface area contributed by atoms with Crippen LogP contribution in [-0.2, 0) is 0 Å². The molecule has 0 aliphatic carbocycles. The van der Waals surface area contributed by atoms with Gasteiger partial charge in [-0.1, -0.05) is 28.1 Å². The molecule has 1 unspecified atom stereocenters. The molecule has 0 aliphatic heterocycles. The van der Waals surface area contributed by atoms with E-state index in [1.807, 2.05) is 19.1 Å². The van der Waals surface area contributed by atoms with Crippen LogP contribution in [0.2, 0.25) is 0 Å². The molecule has 0 aliphatic rings. The second kappa shape index (κ2) is 6.03. The average molecular weight is 376 g/mol. The van der Waals surface area contributed by atoms with Crippen LogP contribution in [0.1, 0.15) is 22.9 Å². The molecule has 0 saturated heterocycles. The predicted molar refractivity (Wildman–Crippen MR) is 80.4 cm³/mol. The van der Waals surface area contributed by atoms with Crippen LogP contribution in [0.5, 0.6) is 5.75 Å². The summed E-state index contributed by atoms with van der Waals surface area (Å²) in [6.07, 6.45) is 0. The van der Waals surface area contributed by atoms with Crippen molar-refractivity contribution in [2.24, 2.45) is 0 Å². The quantitative estimate of drug-likeness (QED) is 0.650. The summed E-state index contributed by atoms with van der Waals surface area (Å²) in [5, 5.41) is 2.15. The summed E-state index contributed by atoms with van der Waals surface area (Å²) < 4.78 is 6.59. The fourth-order valence-corrected chi connectivity index (χ4v) is 3.49. The summed E-state index contributed by atoms with van der Waals surface area (Å²) in [5.74, 6) is 0.919. The number of ether oxygens (including phenoxy) is 1. The minimum absolute atomic E-state index is 0.237. The van der Waals surface area contributed by atoms with Crippen molar-refractivity contribution in [1.82, 2.24) is 0 Å². The van der Waals surface area contributed by atoms with Gasteiger partial charge in [-0.15, -0.1) is 11.3 Å². The molecule has 0 amide bonds. The van der Waals surface area contributed by atoms with Crippen molar-refractivity contribution in [2.75, 3.05) is 6.61 Å². The Kier molecular flexibility index (Phi) is 4.65. The van der Waals surface area contributed by atoms with Gasteiger partial charge in [0.05, 0.1) is 15.2 Å². The van der Waals surface area contributed by atoms with Gasteiger partial charge in [-0.3, -0.25) is 0 Å². The maximum absolute atomic E-state index is 5.43. The number of rotatable bonds is 4. The van der Waals surface area contributed by atoms with Crippen LogP contribution in [0.25, 0.3) is 0 Å². The van der Waals surface area contributed by atoms with E-state index in [4.69, 9.17) is 4.74 Å². The highest BCUT2D eigenvalue weighted by atomic mass is 79.9. The molecule has 2 rings (SSSR count). The monoisotopic (exact) mass is 374 g/mol. The fourth-order valence-electron chi connectivity index (χ4n) is 1.55. The molecule has 2 aromatic rings. The van der Waals surface area contributed by atoms with Gasteiger partial charge < -0.3 is 4.74 Å². The molecule has 1 nitrogen and oxygen atoms in total. The van der Waals surface area contributed by atoms with Gasteiger partial charge in [0, 0.05) is 0 Å². The maximum Gasteiger partial charge on any atom is 0.119 e. The van der Waals surface area contributed by atoms with E-state index in [0.29, 0.717) is 6.61 Å². The lowest BCUT2D eigenvalue weighted by Crippen LogP contribution is -1.93. The van der Waals surface area contributed by atoms with E-state index < -0.39 is 0 Å². The van der Waals surface area contributed by atoms with Crippen molar-refractivity contribution in [2.45, 2.75) is 11.8 Å². The lowest BCUT2D eigenvalue weighted by molar-refractivity contribution is 0.340. The molecular weight excluding hydrogens is 364 g/mol. The smallest absolute Gasteiger partial charge is 0.119 e. The summed E-state index contributed by atoms with van der Waals surface area (Å²) in [6.45, 7) is 2.69. The Hall–Kier alpha value is -0.320. The Morgan fingerprint density at radius 1 is 1.24 bits per heavy atom. The van der Waals surface area contributed by atoms with E-state index >= 15 is 0 Å². The zero-order valence-electron chi connectivity index (χ0n) is 9.32. The van der Waals surface area contributed by atoms with Gasteiger partial charge in [-0.05, 0) is 57.6 Å². The van der Waals surface area contributed by atoms with E-state index in [0.717, 1.165) is 9.54 Å². The third kappa shape index (κ3) is 3.33. The molecule has 0 N–H and O–H groups in total. The lowest BCUT2D eigenvalue weighted by Gasteiger charge is -2.09. The van der Waals surface area contributed by atoms with Crippen molar-refractivity contribution >= 4 is 43.2 Å². The topological polar surface area (TPSA) is 9.23 Å². The standard InChI is InChI=1S/C13H12Br2OS/c1-2-16-11-5-3-9(4-6-11)13(15)10-7-12(14)17-8-10/h3-8,13H,2H2,1H3. The fraction of sp³-hybridized carbons (Fsp3) is 0.231. The van der Waals surface area contributed by atoms with Gasteiger partial charge >= 0.3 is 0 Å². The SMILES string of the molecule is CCOc1ccc(C(Br)c2csc(Br)c2)cc1. The summed E-state index contributed by atoms with van der Waals surface area (Å²) >= 11 is 8.90. The van der Waals surface area contributed by atoms with Crippen molar-refractivity contribution in [3.05, 3.63) is 50.6 Å². The molecule has 0 spiro atoms. The van der Waals surface area contributed by atoms with Gasteiger partial charge in [-0.2, -0.15) is 0 Å². The molecule has 0 saturated carbocycles. The van der Waals surface area contributed by atoms with Crippen LogP contribution in [0, 0.1) is 0 Å². The summed E-state index contributed by atoms with van der Waals surface area (Å²) in [6, 6.07) is 10.3. The molecule has 1 heterocycles. The molecule has 1 aromatic carbocycles. The molecule has 0 fully saturated rings. The molecule has 0 bridgehead atoms. The number of thiophene rings is 1. The van der Waals surface area contributed by atoms with Crippen molar-refractivity contribution < 1.29 is 4.74 Å². The number of hydrogen-bond donors (Lipinski definition) is 0. The van der Waals surface area contributed by atoms with Gasteiger partial charge in [0.15, 0.2) is 0 Å². The van der Waals surface area contributed by atoms with Gasteiger partial charge in [0.25, 0.3) is 0 Å². The summed E-state index contributed by atoms with van der Waals surface area (Å²) in [5.41, 5.74) is 2.50. The van der Waals surface area contributed by atoms with Crippen LogP contribution in [0.4, 0.5) is 0 Å². The highest BCUT2D eigenvalue weighted by Gasteiger charge is 2.11. The number of hydrogen-bond acceptors (Lipinski definition) is 2. The number of alkyl halides is 1. The van der Waals surface area contributed by atoms with E-state index in [1.165, 1.54) is 11.1 Å². The molecule has 1 aromatic heterocycles. The van der Waals surface area contributed by atoms with Crippen molar-refractivity contribution in [1.29, 1.82) is 0 Å². The zero-order chi connectivity index (χ0) is 12.3. The van der Waals surface area contributed by atoms with Gasteiger partial charge in [0.2, 0.25) is 0 Å². The number of halogens is 2. The molecule has 90 valence electrons.